The average Bonchev–Trinajstić information content (AvgIpc) is 2.39. The molecule has 0 aliphatic heterocycles. The summed E-state index contributed by atoms with van der Waals surface area (Å²) in [6.45, 7) is 8.57. The van der Waals surface area contributed by atoms with Crippen LogP contribution >= 0.6 is 0 Å². The predicted molar refractivity (Wildman–Crippen MR) is 78.5 cm³/mol. The molecular formula is C14H24N4O. The lowest BCUT2D eigenvalue weighted by Gasteiger charge is -2.20. The van der Waals surface area contributed by atoms with Gasteiger partial charge >= 0.3 is 0 Å². The Kier molecular flexibility index (Phi) is 6.29. The highest BCUT2D eigenvalue weighted by Crippen LogP contribution is 2.04. The van der Waals surface area contributed by atoms with Gasteiger partial charge in [0.15, 0.2) is 0 Å². The van der Waals surface area contributed by atoms with E-state index < -0.39 is 0 Å². The van der Waals surface area contributed by atoms with Crippen LogP contribution in [0.3, 0.4) is 0 Å². The third-order valence-electron chi connectivity index (χ3n) is 3.02. The fourth-order valence-corrected chi connectivity index (χ4v) is 1.52. The van der Waals surface area contributed by atoms with Gasteiger partial charge in [0.1, 0.15) is 5.82 Å². The molecule has 0 aromatic carbocycles. The molecule has 5 nitrogen and oxygen atoms in total. The number of nitrogens with zero attached hydrogens (tertiary/aromatic N) is 2. The Labute approximate surface area is 115 Å². The molecule has 5 heteroatoms. The number of nitrogens with one attached hydrogen (secondary N) is 2. The molecule has 106 valence electrons. The largest absolute Gasteiger partial charge is 0.370 e. The monoisotopic (exact) mass is 264 g/mol. The maximum Gasteiger partial charge on any atom is 0.252 e. The number of carbonyl (C=O) groups is 1. The summed E-state index contributed by atoms with van der Waals surface area (Å²) >= 11 is 0. The Morgan fingerprint density at radius 3 is 2.68 bits per heavy atom. The predicted octanol–water partition coefficient (Wildman–Crippen LogP) is 1.58. The Hall–Kier alpha value is -1.62. The van der Waals surface area contributed by atoms with Gasteiger partial charge in [0.25, 0.3) is 5.91 Å². The summed E-state index contributed by atoms with van der Waals surface area (Å²) in [7, 11) is 2.05. The normalized spacial score (nSPS) is 10.8. The third-order valence-corrected chi connectivity index (χ3v) is 3.02. The fourth-order valence-electron chi connectivity index (χ4n) is 1.52. The van der Waals surface area contributed by atoms with Crippen molar-refractivity contribution in [1.29, 1.82) is 0 Å². The number of aromatic nitrogens is 1. The van der Waals surface area contributed by atoms with Gasteiger partial charge < -0.3 is 15.5 Å². The molecule has 0 atom stereocenters. The Balaban J connectivity index is 2.41. The molecule has 1 aromatic rings. The van der Waals surface area contributed by atoms with Crippen LogP contribution in [0.2, 0.25) is 0 Å². The van der Waals surface area contributed by atoms with Crippen molar-refractivity contribution in [3.8, 4) is 0 Å². The van der Waals surface area contributed by atoms with Crippen LogP contribution in [-0.2, 0) is 0 Å². The van der Waals surface area contributed by atoms with Gasteiger partial charge in [-0.1, -0.05) is 0 Å². The molecule has 0 aliphatic carbocycles. The molecule has 1 heterocycles. The number of pyridine rings is 1. The van der Waals surface area contributed by atoms with Gasteiger partial charge in [0, 0.05) is 31.9 Å². The fraction of sp³-hybridized carbons (Fsp3) is 0.571. The van der Waals surface area contributed by atoms with E-state index in [0.29, 0.717) is 18.2 Å². The van der Waals surface area contributed by atoms with Gasteiger partial charge in [-0.15, -0.1) is 0 Å². The van der Waals surface area contributed by atoms with Crippen molar-refractivity contribution < 1.29 is 4.79 Å². The lowest BCUT2D eigenvalue weighted by atomic mass is 10.2. The van der Waals surface area contributed by atoms with E-state index in [4.69, 9.17) is 0 Å². The van der Waals surface area contributed by atoms with Crippen LogP contribution in [0.5, 0.6) is 0 Å². The van der Waals surface area contributed by atoms with Crippen LogP contribution in [0, 0.1) is 0 Å². The molecular weight excluding hydrogens is 240 g/mol. The first-order valence-electron chi connectivity index (χ1n) is 6.73. The number of carbonyl (C=O) groups excluding carboxylic acids is 1. The van der Waals surface area contributed by atoms with E-state index in [-0.39, 0.29) is 5.91 Å². The maximum atomic E-state index is 11.9. The molecule has 2 N–H and O–H groups in total. The Bertz CT molecular complexity index is 389. The number of hydrogen-bond acceptors (Lipinski definition) is 4. The smallest absolute Gasteiger partial charge is 0.252 e. The molecule has 0 fully saturated rings. The van der Waals surface area contributed by atoms with Crippen molar-refractivity contribution in [2.24, 2.45) is 0 Å². The van der Waals surface area contributed by atoms with Gasteiger partial charge in [-0.2, -0.15) is 0 Å². The highest BCUT2D eigenvalue weighted by atomic mass is 16.1. The molecule has 0 saturated carbocycles. The molecule has 19 heavy (non-hydrogen) atoms. The van der Waals surface area contributed by atoms with Crippen molar-refractivity contribution in [2.75, 3.05) is 32.0 Å². The van der Waals surface area contributed by atoms with Crippen LogP contribution in [0.25, 0.3) is 0 Å². The summed E-state index contributed by atoms with van der Waals surface area (Å²) in [5.74, 6) is 0.714. The zero-order chi connectivity index (χ0) is 14.3. The van der Waals surface area contributed by atoms with Crippen molar-refractivity contribution in [1.82, 2.24) is 15.2 Å². The molecule has 1 amide bonds. The molecule has 0 aliphatic rings. The molecule has 0 bridgehead atoms. The van der Waals surface area contributed by atoms with E-state index in [1.807, 2.05) is 20.0 Å². The van der Waals surface area contributed by atoms with Gasteiger partial charge in [0.05, 0.1) is 5.56 Å². The summed E-state index contributed by atoms with van der Waals surface area (Å²) in [6.07, 6.45) is 1.60. The average molecular weight is 264 g/mol. The number of amides is 1. The van der Waals surface area contributed by atoms with E-state index in [0.717, 1.165) is 18.9 Å². The van der Waals surface area contributed by atoms with Gasteiger partial charge in [0.2, 0.25) is 0 Å². The van der Waals surface area contributed by atoms with Gasteiger partial charge in [-0.25, -0.2) is 4.98 Å². The van der Waals surface area contributed by atoms with E-state index in [1.165, 1.54) is 0 Å². The molecule has 0 radical (unpaired) electrons. The topological polar surface area (TPSA) is 57.3 Å². The van der Waals surface area contributed by atoms with E-state index in [1.54, 1.807) is 12.3 Å². The van der Waals surface area contributed by atoms with Crippen molar-refractivity contribution in [3.63, 3.8) is 0 Å². The number of rotatable bonds is 7. The molecule has 0 spiro atoms. The maximum absolute atomic E-state index is 11.9. The molecule has 1 rings (SSSR count). The first-order valence-corrected chi connectivity index (χ1v) is 6.73. The third kappa shape index (κ3) is 5.26. The summed E-state index contributed by atoms with van der Waals surface area (Å²) in [4.78, 5) is 18.2. The van der Waals surface area contributed by atoms with Crippen LogP contribution in [0.15, 0.2) is 18.3 Å². The number of anilines is 1. The highest BCUT2D eigenvalue weighted by Gasteiger charge is 2.07. The first kappa shape index (κ1) is 15.4. The zero-order valence-corrected chi connectivity index (χ0v) is 12.2. The minimum Gasteiger partial charge on any atom is -0.370 e. The van der Waals surface area contributed by atoms with E-state index in [2.05, 4.69) is 34.4 Å². The van der Waals surface area contributed by atoms with E-state index >= 15 is 0 Å². The van der Waals surface area contributed by atoms with Gasteiger partial charge in [-0.3, -0.25) is 4.79 Å². The summed E-state index contributed by atoms with van der Waals surface area (Å²) in [5.41, 5.74) is 0.592. The quantitative estimate of drug-likeness (QED) is 0.785. The second kappa shape index (κ2) is 7.74. The molecule has 1 aromatic heterocycles. The second-order valence-electron chi connectivity index (χ2n) is 4.79. The Morgan fingerprint density at radius 1 is 1.42 bits per heavy atom. The minimum absolute atomic E-state index is 0.0762. The minimum atomic E-state index is -0.0762. The zero-order valence-electron chi connectivity index (χ0n) is 12.2. The van der Waals surface area contributed by atoms with Crippen LogP contribution < -0.4 is 10.6 Å². The second-order valence-corrected chi connectivity index (χ2v) is 4.79. The lowest BCUT2D eigenvalue weighted by Crippen LogP contribution is -2.36. The van der Waals surface area contributed by atoms with Crippen molar-refractivity contribution >= 4 is 11.7 Å². The lowest BCUT2D eigenvalue weighted by molar-refractivity contribution is 0.0947. The van der Waals surface area contributed by atoms with E-state index in [9.17, 15) is 4.79 Å². The van der Waals surface area contributed by atoms with Crippen LogP contribution in [0.1, 0.15) is 31.1 Å². The first-order chi connectivity index (χ1) is 9.04. The summed E-state index contributed by atoms with van der Waals surface area (Å²) < 4.78 is 0. The number of likely N-dealkylation sites (N-methyl/N-ethyl adjacent to an activating group) is 1. The van der Waals surface area contributed by atoms with Crippen LogP contribution in [0.4, 0.5) is 5.82 Å². The molecule has 0 unspecified atom stereocenters. The van der Waals surface area contributed by atoms with Crippen molar-refractivity contribution in [2.45, 2.75) is 26.8 Å². The Morgan fingerprint density at radius 2 is 2.16 bits per heavy atom. The standard InChI is InChI=1S/C14H24N4O/c1-5-15-13-7-6-12(10-17-13)14(19)16-8-9-18(4)11(2)3/h6-7,10-11H,5,8-9H2,1-4H3,(H,15,17)(H,16,19). The van der Waals surface area contributed by atoms with Gasteiger partial charge in [-0.05, 0) is 40.0 Å². The number of hydrogen-bond donors (Lipinski definition) is 2. The van der Waals surface area contributed by atoms with Crippen LogP contribution in [-0.4, -0.2) is 48.5 Å². The summed E-state index contributed by atoms with van der Waals surface area (Å²) in [6, 6.07) is 4.09. The highest BCUT2D eigenvalue weighted by molar-refractivity contribution is 5.94. The molecule has 0 saturated heterocycles. The van der Waals surface area contributed by atoms with Crippen molar-refractivity contribution in [3.05, 3.63) is 23.9 Å². The summed E-state index contributed by atoms with van der Waals surface area (Å²) in [5, 5.41) is 5.99. The SMILES string of the molecule is CCNc1ccc(C(=O)NCCN(C)C(C)C)cn1.